The minimum Gasteiger partial charge on any atom is -0.0877 e. The number of benzene rings is 2. The van der Waals surface area contributed by atoms with Crippen LogP contribution in [0.4, 0.5) is 0 Å². The third kappa shape index (κ3) is 2.33. The molecule has 0 N–H and O–H groups in total. The van der Waals surface area contributed by atoms with Gasteiger partial charge in [0, 0.05) is 31.4 Å². The van der Waals surface area contributed by atoms with Crippen LogP contribution < -0.4 is 0 Å². The molecule has 0 saturated carbocycles. The molecule has 5 rings (SSSR count). The van der Waals surface area contributed by atoms with E-state index >= 15 is 0 Å². The zero-order chi connectivity index (χ0) is 15.9. The van der Waals surface area contributed by atoms with Crippen LogP contribution in [0.3, 0.4) is 0 Å². The maximum absolute atomic E-state index is 2.28. The van der Waals surface area contributed by atoms with Crippen molar-refractivity contribution in [1.82, 2.24) is 0 Å². The lowest BCUT2D eigenvalue weighted by Gasteiger charge is -2.25. The van der Waals surface area contributed by atoms with Crippen molar-refractivity contribution in [3.05, 3.63) is 96.1 Å². The van der Waals surface area contributed by atoms with E-state index in [0.717, 1.165) is 0 Å². The molecule has 2 aromatic carbocycles. The summed E-state index contributed by atoms with van der Waals surface area (Å²) in [7, 11) is 0. The Kier molecular flexibility index (Phi) is 3.53. The fourth-order valence-corrected chi connectivity index (χ4v) is 6.11. The molecule has 24 heavy (non-hydrogen) atoms. The zero-order valence-electron chi connectivity index (χ0n) is 13.1. The van der Waals surface area contributed by atoms with Crippen LogP contribution >= 0.6 is 23.5 Å². The molecular weight excluding hydrogens is 328 g/mol. The molecule has 2 aliphatic carbocycles. The van der Waals surface area contributed by atoms with Crippen LogP contribution in [-0.4, -0.2) is 0 Å². The summed E-state index contributed by atoms with van der Waals surface area (Å²) in [5, 5.41) is 0. The summed E-state index contributed by atoms with van der Waals surface area (Å²) in [6, 6.07) is 13.5. The Hall–Kier alpha value is -1.90. The van der Waals surface area contributed by atoms with Crippen molar-refractivity contribution < 1.29 is 0 Å². The number of rotatable bonds is 2. The summed E-state index contributed by atoms with van der Waals surface area (Å²) < 4.78 is 0. The Balaban J connectivity index is 1.62. The van der Waals surface area contributed by atoms with Crippen molar-refractivity contribution in [2.45, 2.75) is 31.4 Å². The van der Waals surface area contributed by atoms with Gasteiger partial charge < -0.3 is 0 Å². The van der Waals surface area contributed by atoms with E-state index in [-0.39, 0.29) is 0 Å². The molecule has 0 bridgehead atoms. The molecule has 1 aliphatic heterocycles. The lowest BCUT2D eigenvalue weighted by Crippen LogP contribution is -2.01. The van der Waals surface area contributed by atoms with Crippen LogP contribution in [0, 0.1) is 0 Å². The SMILES string of the molecule is C1=CC(c2cccc3c2Sc2c(cccc2C2C=CC=C2)S3)C=C1. The first-order valence-corrected chi connectivity index (χ1v) is 9.85. The Morgan fingerprint density at radius 3 is 1.46 bits per heavy atom. The van der Waals surface area contributed by atoms with Gasteiger partial charge in [0.1, 0.15) is 0 Å². The van der Waals surface area contributed by atoms with Gasteiger partial charge in [0.15, 0.2) is 0 Å². The second-order valence-corrected chi connectivity index (χ2v) is 8.25. The zero-order valence-corrected chi connectivity index (χ0v) is 14.7. The van der Waals surface area contributed by atoms with E-state index < -0.39 is 0 Å². The highest BCUT2D eigenvalue weighted by atomic mass is 32.2. The predicted octanol–water partition coefficient (Wildman–Crippen LogP) is 6.72. The summed E-state index contributed by atoms with van der Waals surface area (Å²) in [5.41, 5.74) is 2.85. The first kappa shape index (κ1) is 14.4. The fraction of sp³-hybridized carbons (Fsp3) is 0.0909. The molecular formula is C22H16S2. The lowest BCUT2D eigenvalue weighted by molar-refractivity contribution is 0.973. The fourth-order valence-electron chi connectivity index (χ4n) is 3.47. The molecule has 3 aliphatic rings. The summed E-state index contributed by atoms with van der Waals surface area (Å²) in [5.74, 6) is 0.820. The third-order valence-corrected chi connectivity index (χ3v) is 7.36. The Bertz CT molecular complexity index is 831. The van der Waals surface area contributed by atoms with Gasteiger partial charge in [0.05, 0.1) is 0 Å². The first-order valence-electron chi connectivity index (χ1n) is 8.22. The lowest BCUT2D eigenvalue weighted by atomic mass is 10.0. The van der Waals surface area contributed by atoms with E-state index in [1.54, 1.807) is 0 Å². The highest BCUT2D eigenvalue weighted by Crippen LogP contribution is 2.53. The highest BCUT2D eigenvalue weighted by Gasteiger charge is 2.25. The van der Waals surface area contributed by atoms with Crippen LogP contribution in [0.15, 0.2) is 105 Å². The quantitative estimate of drug-likeness (QED) is 0.506. The number of hydrogen-bond donors (Lipinski definition) is 0. The molecule has 2 heteroatoms. The van der Waals surface area contributed by atoms with Gasteiger partial charge in [-0.25, -0.2) is 0 Å². The van der Waals surface area contributed by atoms with Crippen LogP contribution in [0.2, 0.25) is 0 Å². The van der Waals surface area contributed by atoms with Gasteiger partial charge >= 0.3 is 0 Å². The molecule has 0 unspecified atom stereocenters. The Morgan fingerprint density at radius 1 is 0.542 bits per heavy atom. The molecule has 0 fully saturated rings. The Morgan fingerprint density at radius 2 is 1.00 bits per heavy atom. The second-order valence-electron chi connectivity index (χ2n) is 6.14. The van der Waals surface area contributed by atoms with Gasteiger partial charge in [-0.05, 0) is 23.3 Å². The van der Waals surface area contributed by atoms with Crippen LogP contribution in [0.1, 0.15) is 23.0 Å². The van der Waals surface area contributed by atoms with E-state index in [1.807, 2.05) is 23.5 Å². The maximum Gasteiger partial charge on any atom is 0.0303 e. The van der Waals surface area contributed by atoms with Crippen molar-refractivity contribution in [3.8, 4) is 0 Å². The van der Waals surface area contributed by atoms with Gasteiger partial charge in [-0.1, -0.05) is 96.4 Å². The van der Waals surface area contributed by atoms with Crippen molar-refractivity contribution in [3.63, 3.8) is 0 Å². The minimum atomic E-state index is 0.410. The standard InChI is InChI=1S/C22H16S2/c1-2-8-15(7-1)17-11-5-13-19-21(17)24-22-18(16-9-3-4-10-16)12-6-14-20(22)23-19/h1-16H. The summed E-state index contributed by atoms with van der Waals surface area (Å²) in [4.78, 5) is 5.62. The molecule has 0 aromatic heterocycles. The maximum atomic E-state index is 2.28. The molecule has 2 aromatic rings. The van der Waals surface area contributed by atoms with Crippen LogP contribution in [0.25, 0.3) is 0 Å². The molecule has 0 atom stereocenters. The number of allylic oxidation sites excluding steroid dienone is 8. The van der Waals surface area contributed by atoms with Gasteiger partial charge in [-0.2, -0.15) is 0 Å². The van der Waals surface area contributed by atoms with Gasteiger partial charge in [-0.3, -0.25) is 0 Å². The van der Waals surface area contributed by atoms with Gasteiger partial charge in [-0.15, -0.1) is 0 Å². The van der Waals surface area contributed by atoms with Gasteiger partial charge in [0.2, 0.25) is 0 Å². The Labute approximate surface area is 151 Å². The molecule has 0 amide bonds. The smallest absolute Gasteiger partial charge is 0.0303 e. The molecule has 0 radical (unpaired) electrons. The van der Waals surface area contributed by atoms with Crippen LogP contribution in [0.5, 0.6) is 0 Å². The average Bonchev–Trinajstić information content (AvgIpc) is 3.32. The summed E-state index contributed by atoms with van der Waals surface area (Å²) >= 11 is 3.86. The molecule has 0 nitrogen and oxygen atoms in total. The minimum absolute atomic E-state index is 0.410. The number of fused-ring (bicyclic) bond motifs is 2. The van der Waals surface area contributed by atoms with Gasteiger partial charge in [0.25, 0.3) is 0 Å². The van der Waals surface area contributed by atoms with Crippen molar-refractivity contribution in [2.24, 2.45) is 0 Å². The monoisotopic (exact) mass is 344 g/mol. The summed E-state index contributed by atoms with van der Waals surface area (Å²) in [6.45, 7) is 0. The number of hydrogen-bond acceptors (Lipinski definition) is 2. The van der Waals surface area contributed by atoms with E-state index in [0.29, 0.717) is 11.8 Å². The third-order valence-electron chi connectivity index (χ3n) is 4.66. The van der Waals surface area contributed by atoms with Crippen molar-refractivity contribution in [2.75, 3.05) is 0 Å². The highest BCUT2D eigenvalue weighted by molar-refractivity contribution is 8.05. The molecule has 116 valence electrons. The van der Waals surface area contributed by atoms with Crippen molar-refractivity contribution in [1.29, 1.82) is 0 Å². The topological polar surface area (TPSA) is 0 Å². The predicted molar refractivity (Wildman–Crippen MR) is 103 cm³/mol. The first-order chi connectivity index (χ1) is 11.9. The summed E-state index contributed by atoms with van der Waals surface area (Å²) in [6.07, 6.45) is 17.7. The average molecular weight is 345 g/mol. The van der Waals surface area contributed by atoms with Crippen LogP contribution in [-0.2, 0) is 0 Å². The normalized spacial score (nSPS) is 18.3. The van der Waals surface area contributed by atoms with E-state index in [4.69, 9.17) is 0 Å². The van der Waals surface area contributed by atoms with Crippen molar-refractivity contribution >= 4 is 23.5 Å². The molecule has 1 heterocycles. The largest absolute Gasteiger partial charge is 0.0877 e. The second kappa shape index (κ2) is 5.87. The van der Waals surface area contributed by atoms with E-state index in [1.165, 1.54) is 30.7 Å². The van der Waals surface area contributed by atoms with E-state index in [9.17, 15) is 0 Å². The molecule has 0 spiro atoms. The van der Waals surface area contributed by atoms with E-state index in [2.05, 4.69) is 85.0 Å². The molecule has 0 saturated heterocycles.